The van der Waals surface area contributed by atoms with Crippen molar-refractivity contribution < 1.29 is 22.7 Å². The Hall–Kier alpha value is -2.58. The van der Waals surface area contributed by atoms with Crippen molar-refractivity contribution in [1.29, 1.82) is 0 Å². The molecule has 0 fully saturated rings. The summed E-state index contributed by atoms with van der Waals surface area (Å²) in [6, 6.07) is 12.7. The number of carbonyl (C=O) groups is 1. The summed E-state index contributed by atoms with van der Waals surface area (Å²) in [4.78, 5) is 12.5. The number of Topliss-reactive ketones (excluding diaryl/α,β-unsaturated/α-hetero) is 1. The number of carbonyl (C=O) groups excluding carboxylic acids is 1. The molecule has 0 heterocycles. The van der Waals surface area contributed by atoms with Gasteiger partial charge in [-0.1, -0.05) is 18.2 Å². The molecule has 0 amide bonds. The van der Waals surface area contributed by atoms with Crippen LogP contribution in [0.4, 0.5) is 5.69 Å². The number of rotatable bonds is 13. The van der Waals surface area contributed by atoms with E-state index >= 15 is 0 Å². The number of hydrogen-bond donors (Lipinski definition) is 2. The third-order valence-corrected chi connectivity index (χ3v) is 5.18. The third kappa shape index (κ3) is 7.68. The number of para-hydroxylation sites is 1. The Morgan fingerprint density at radius 1 is 0.967 bits per heavy atom. The zero-order valence-electron chi connectivity index (χ0n) is 17.7. The number of ether oxygens (including phenoxy) is 2. The molecule has 0 unspecified atom stereocenters. The lowest BCUT2D eigenvalue weighted by atomic mass is 10.0. The van der Waals surface area contributed by atoms with Gasteiger partial charge in [0.15, 0.2) is 5.78 Å². The van der Waals surface area contributed by atoms with Crippen molar-refractivity contribution in [3.8, 4) is 11.5 Å². The van der Waals surface area contributed by atoms with E-state index in [0.29, 0.717) is 17.7 Å². The fourth-order valence-electron chi connectivity index (χ4n) is 3.10. The van der Waals surface area contributed by atoms with E-state index < -0.39 is 10.0 Å². The van der Waals surface area contributed by atoms with Crippen molar-refractivity contribution in [2.24, 2.45) is 0 Å². The molecular weight excluding hydrogens is 404 g/mol. The van der Waals surface area contributed by atoms with Crippen LogP contribution in [0.25, 0.3) is 0 Å². The van der Waals surface area contributed by atoms with Crippen LogP contribution in [0.2, 0.25) is 0 Å². The summed E-state index contributed by atoms with van der Waals surface area (Å²) in [6.07, 6.45) is 3.97. The average molecular weight is 435 g/mol. The zero-order chi connectivity index (χ0) is 22.0. The lowest BCUT2D eigenvalue weighted by molar-refractivity contribution is 0.0979. The highest BCUT2D eigenvalue weighted by Crippen LogP contribution is 2.27. The number of nitrogens with one attached hydrogen (secondary N) is 2. The highest BCUT2D eigenvalue weighted by Gasteiger charge is 2.13. The first-order chi connectivity index (χ1) is 14.3. The summed E-state index contributed by atoms with van der Waals surface area (Å²) < 4.78 is 35.9. The van der Waals surface area contributed by atoms with Gasteiger partial charge in [0.1, 0.15) is 11.5 Å². The second-order valence-electron chi connectivity index (χ2n) is 6.98. The Bertz CT molecular complexity index is 944. The SMILES string of the molecule is COc1ccccc1CCNCCCCC(=O)c1ccc(OC)c(NS(C)(=O)=O)c1. The molecule has 30 heavy (non-hydrogen) atoms. The fourth-order valence-corrected chi connectivity index (χ4v) is 3.66. The van der Waals surface area contributed by atoms with Gasteiger partial charge in [0.25, 0.3) is 0 Å². The lowest BCUT2D eigenvalue weighted by Crippen LogP contribution is -2.19. The highest BCUT2D eigenvalue weighted by molar-refractivity contribution is 7.92. The van der Waals surface area contributed by atoms with E-state index in [4.69, 9.17) is 9.47 Å². The molecule has 7 nitrogen and oxygen atoms in total. The Kier molecular flexibility index (Phi) is 9.14. The van der Waals surface area contributed by atoms with E-state index in [1.165, 1.54) is 18.7 Å². The number of anilines is 1. The van der Waals surface area contributed by atoms with E-state index in [1.807, 2.05) is 18.2 Å². The van der Waals surface area contributed by atoms with E-state index in [2.05, 4.69) is 16.1 Å². The molecule has 0 aromatic heterocycles. The van der Waals surface area contributed by atoms with Crippen LogP contribution in [0.3, 0.4) is 0 Å². The number of sulfonamides is 1. The zero-order valence-corrected chi connectivity index (χ0v) is 18.6. The number of benzene rings is 2. The minimum Gasteiger partial charge on any atom is -0.496 e. The molecule has 0 radical (unpaired) electrons. The van der Waals surface area contributed by atoms with Crippen molar-refractivity contribution >= 4 is 21.5 Å². The molecule has 0 aliphatic carbocycles. The summed E-state index contributed by atoms with van der Waals surface area (Å²) in [5.41, 5.74) is 1.90. The molecule has 2 rings (SSSR count). The van der Waals surface area contributed by atoms with Crippen molar-refractivity contribution in [3.63, 3.8) is 0 Å². The van der Waals surface area contributed by atoms with Crippen molar-refractivity contribution in [1.82, 2.24) is 5.32 Å². The van der Waals surface area contributed by atoms with E-state index in [0.717, 1.165) is 44.4 Å². The van der Waals surface area contributed by atoms with Gasteiger partial charge in [-0.2, -0.15) is 0 Å². The van der Waals surface area contributed by atoms with Gasteiger partial charge in [-0.25, -0.2) is 8.42 Å². The predicted molar refractivity (Wildman–Crippen MR) is 119 cm³/mol. The van der Waals surface area contributed by atoms with Gasteiger partial charge in [0.05, 0.1) is 26.2 Å². The summed E-state index contributed by atoms with van der Waals surface area (Å²) >= 11 is 0. The second-order valence-corrected chi connectivity index (χ2v) is 8.73. The van der Waals surface area contributed by atoms with Crippen molar-refractivity contribution in [3.05, 3.63) is 53.6 Å². The van der Waals surface area contributed by atoms with E-state index in [-0.39, 0.29) is 11.5 Å². The maximum atomic E-state index is 12.5. The minimum atomic E-state index is -3.46. The van der Waals surface area contributed by atoms with Crippen LogP contribution in [0.5, 0.6) is 11.5 Å². The number of ketones is 1. The smallest absolute Gasteiger partial charge is 0.229 e. The maximum absolute atomic E-state index is 12.5. The van der Waals surface area contributed by atoms with Gasteiger partial charge in [-0.05, 0) is 62.2 Å². The Morgan fingerprint density at radius 2 is 1.70 bits per heavy atom. The lowest BCUT2D eigenvalue weighted by Gasteiger charge is -2.11. The average Bonchev–Trinajstić information content (AvgIpc) is 2.72. The van der Waals surface area contributed by atoms with Gasteiger partial charge in [0, 0.05) is 12.0 Å². The number of hydrogen-bond acceptors (Lipinski definition) is 6. The van der Waals surface area contributed by atoms with Crippen molar-refractivity contribution in [2.75, 3.05) is 38.3 Å². The maximum Gasteiger partial charge on any atom is 0.229 e. The third-order valence-electron chi connectivity index (χ3n) is 4.59. The van der Waals surface area contributed by atoms with Crippen LogP contribution in [0.1, 0.15) is 35.2 Å². The van der Waals surface area contributed by atoms with Gasteiger partial charge >= 0.3 is 0 Å². The van der Waals surface area contributed by atoms with Crippen LogP contribution < -0.4 is 19.5 Å². The molecule has 0 atom stereocenters. The van der Waals surface area contributed by atoms with E-state index in [9.17, 15) is 13.2 Å². The summed E-state index contributed by atoms with van der Waals surface area (Å²) in [5, 5.41) is 3.39. The number of unbranched alkanes of at least 4 members (excludes halogenated alkanes) is 1. The molecule has 0 aliphatic heterocycles. The Morgan fingerprint density at radius 3 is 2.40 bits per heavy atom. The van der Waals surface area contributed by atoms with Crippen LogP contribution in [-0.4, -0.2) is 47.8 Å². The Labute approximate surface area is 178 Å². The monoisotopic (exact) mass is 434 g/mol. The van der Waals surface area contributed by atoms with Gasteiger partial charge in [-0.15, -0.1) is 0 Å². The molecule has 2 N–H and O–H groups in total. The normalized spacial score (nSPS) is 11.2. The molecule has 0 saturated carbocycles. The number of methoxy groups -OCH3 is 2. The molecule has 8 heteroatoms. The fraction of sp³-hybridized carbons (Fsp3) is 0.409. The van der Waals surface area contributed by atoms with Crippen LogP contribution in [0.15, 0.2) is 42.5 Å². The van der Waals surface area contributed by atoms with Crippen LogP contribution in [0, 0.1) is 0 Å². The molecule has 0 aliphatic rings. The summed E-state index contributed by atoms with van der Waals surface area (Å²) in [7, 11) is -0.342. The van der Waals surface area contributed by atoms with Crippen molar-refractivity contribution in [2.45, 2.75) is 25.7 Å². The molecule has 2 aromatic rings. The quantitative estimate of drug-likeness (QED) is 0.371. The van der Waals surface area contributed by atoms with Crippen LogP contribution >= 0.6 is 0 Å². The molecule has 2 aromatic carbocycles. The standard InChI is InChI=1S/C22H30N2O5S/c1-28-21-10-5-4-8-17(21)13-15-23-14-7-6-9-20(25)18-11-12-22(29-2)19(16-18)24-30(3,26)27/h4-5,8,10-12,16,23-24H,6-7,9,13-15H2,1-3H3. The molecule has 164 valence electrons. The second kappa shape index (κ2) is 11.6. The molecule has 0 bridgehead atoms. The minimum absolute atomic E-state index is 0.0248. The van der Waals surface area contributed by atoms with E-state index in [1.54, 1.807) is 19.2 Å². The molecule has 0 saturated heterocycles. The first-order valence-corrected chi connectivity index (χ1v) is 11.7. The first kappa shape index (κ1) is 23.7. The molecular formula is C22H30N2O5S. The topological polar surface area (TPSA) is 93.7 Å². The summed E-state index contributed by atoms with van der Waals surface area (Å²) in [5.74, 6) is 1.24. The van der Waals surface area contributed by atoms with Gasteiger partial charge < -0.3 is 14.8 Å². The Balaban J connectivity index is 1.75. The summed E-state index contributed by atoms with van der Waals surface area (Å²) in [6.45, 7) is 1.67. The largest absolute Gasteiger partial charge is 0.496 e. The van der Waals surface area contributed by atoms with Gasteiger partial charge in [0.2, 0.25) is 10.0 Å². The highest BCUT2D eigenvalue weighted by atomic mass is 32.2. The van der Waals surface area contributed by atoms with Crippen LogP contribution in [-0.2, 0) is 16.4 Å². The molecule has 0 spiro atoms. The van der Waals surface area contributed by atoms with Gasteiger partial charge in [-0.3, -0.25) is 9.52 Å². The first-order valence-electron chi connectivity index (χ1n) is 9.85. The predicted octanol–water partition coefficient (Wildman–Crippen LogP) is 3.26.